The molecule has 0 radical (unpaired) electrons. The van der Waals surface area contributed by atoms with Crippen molar-refractivity contribution in [1.29, 1.82) is 0 Å². The first-order chi connectivity index (χ1) is 11.0. The van der Waals surface area contributed by atoms with Gasteiger partial charge in [-0.2, -0.15) is 0 Å². The molecule has 120 valence electrons. The lowest BCUT2D eigenvalue weighted by atomic mass is 10.3. The van der Waals surface area contributed by atoms with Crippen LogP contribution in [-0.4, -0.2) is 19.9 Å². The molecular formula is C16H15FN2O2S2. The number of halogens is 1. The summed E-state index contributed by atoms with van der Waals surface area (Å²) in [5.74, 6) is -0.567. The zero-order valence-corrected chi connectivity index (χ0v) is 13.8. The number of rotatable bonds is 6. The second-order valence-corrected chi connectivity index (χ2v) is 7.92. The van der Waals surface area contributed by atoms with Crippen LogP contribution in [0, 0.1) is 5.82 Å². The predicted molar refractivity (Wildman–Crippen MR) is 89.5 cm³/mol. The van der Waals surface area contributed by atoms with Crippen molar-refractivity contribution < 1.29 is 12.8 Å². The van der Waals surface area contributed by atoms with E-state index in [4.69, 9.17) is 0 Å². The number of para-hydroxylation sites is 1. The molecule has 1 N–H and O–H groups in total. The van der Waals surface area contributed by atoms with Gasteiger partial charge in [0.25, 0.3) is 0 Å². The molecule has 1 aromatic heterocycles. The summed E-state index contributed by atoms with van der Waals surface area (Å²) in [5, 5.41) is 0.983. The molecule has 0 bridgehead atoms. The van der Waals surface area contributed by atoms with Crippen LogP contribution in [0.15, 0.2) is 53.4 Å². The number of fused-ring (bicyclic) bond motifs is 1. The van der Waals surface area contributed by atoms with Crippen LogP contribution in [0.4, 0.5) is 4.39 Å². The summed E-state index contributed by atoms with van der Waals surface area (Å²) in [6.07, 6.45) is 1.33. The van der Waals surface area contributed by atoms with Gasteiger partial charge in [-0.1, -0.05) is 18.2 Å². The molecule has 23 heavy (non-hydrogen) atoms. The quantitative estimate of drug-likeness (QED) is 0.694. The van der Waals surface area contributed by atoms with Crippen LogP contribution in [0.25, 0.3) is 10.2 Å². The topological polar surface area (TPSA) is 59.1 Å². The Labute approximate surface area is 138 Å². The van der Waals surface area contributed by atoms with Crippen molar-refractivity contribution in [1.82, 2.24) is 9.71 Å². The Balaban J connectivity index is 1.56. The fraction of sp³-hybridized carbons (Fsp3) is 0.188. The SMILES string of the molecule is O=S(=O)(NCCCc1nc2ccccc2s1)c1cccc(F)c1. The van der Waals surface area contributed by atoms with Gasteiger partial charge in [0.15, 0.2) is 0 Å². The number of nitrogens with one attached hydrogen (secondary N) is 1. The zero-order valence-electron chi connectivity index (χ0n) is 12.2. The van der Waals surface area contributed by atoms with Crippen LogP contribution in [0.3, 0.4) is 0 Å². The van der Waals surface area contributed by atoms with Crippen molar-refractivity contribution in [2.45, 2.75) is 17.7 Å². The number of thiazole rings is 1. The Morgan fingerprint density at radius 3 is 2.74 bits per heavy atom. The number of aryl methyl sites for hydroxylation is 1. The van der Waals surface area contributed by atoms with E-state index in [0.717, 1.165) is 21.3 Å². The molecule has 0 spiro atoms. The number of hydrogen-bond donors (Lipinski definition) is 1. The van der Waals surface area contributed by atoms with Crippen LogP contribution in [0.1, 0.15) is 11.4 Å². The first-order valence-electron chi connectivity index (χ1n) is 7.14. The Morgan fingerprint density at radius 1 is 1.13 bits per heavy atom. The van der Waals surface area contributed by atoms with E-state index in [-0.39, 0.29) is 11.4 Å². The minimum absolute atomic E-state index is 0.0579. The van der Waals surface area contributed by atoms with Crippen LogP contribution in [0.2, 0.25) is 0 Å². The van der Waals surface area contributed by atoms with Crippen LogP contribution in [0.5, 0.6) is 0 Å². The number of aromatic nitrogens is 1. The molecular weight excluding hydrogens is 335 g/mol. The summed E-state index contributed by atoms with van der Waals surface area (Å²) in [7, 11) is -3.67. The lowest BCUT2D eigenvalue weighted by Crippen LogP contribution is -2.25. The maximum atomic E-state index is 13.1. The molecule has 0 atom stereocenters. The summed E-state index contributed by atoms with van der Waals surface area (Å²) >= 11 is 1.62. The fourth-order valence-electron chi connectivity index (χ4n) is 2.19. The van der Waals surface area contributed by atoms with Gasteiger partial charge < -0.3 is 0 Å². The third-order valence-electron chi connectivity index (χ3n) is 3.30. The number of benzene rings is 2. The number of hydrogen-bond acceptors (Lipinski definition) is 4. The maximum absolute atomic E-state index is 13.1. The highest BCUT2D eigenvalue weighted by Gasteiger charge is 2.14. The predicted octanol–water partition coefficient (Wildman–Crippen LogP) is 3.35. The summed E-state index contributed by atoms with van der Waals surface area (Å²) in [6.45, 7) is 0.286. The summed E-state index contributed by atoms with van der Waals surface area (Å²) in [5.41, 5.74) is 0.966. The van der Waals surface area contributed by atoms with E-state index < -0.39 is 15.8 Å². The van der Waals surface area contributed by atoms with Gasteiger partial charge in [-0.25, -0.2) is 22.5 Å². The van der Waals surface area contributed by atoms with Gasteiger partial charge in [0.1, 0.15) is 5.82 Å². The van der Waals surface area contributed by atoms with Gasteiger partial charge in [0, 0.05) is 13.0 Å². The Kier molecular flexibility index (Phi) is 4.70. The van der Waals surface area contributed by atoms with E-state index in [1.807, 2.05) is 24.3 Å². The molecule has 0 unspecified atom stereocenters. The highest BCUT2D eigenvalue weighted by Crippen LogP contribution is 2.22. The molecule has 0 amide bonds. The molecule has 2 aromatic carbocycles. The average Bonchev–Trinajstić information content (AvgIpc) is 2.94. The minimum Gasteiger partial charge on any atom is -0.241 e. The lowest BCUT2D eigenvalue weighted by molar-refractivity contribution is 0.575. The highest BCUT2D eigenvalue weighted by molar-refractivity contribution is 7.89. The van der Waals surface area contributed by atoms with E-state index in [2.05, 4.69) is 9.71 Å². The van der Waals surface area contributed by atoms with E-state index in [1.165, 1.54) is 18.2 Å². The second kappa shape index (κ2) is 6.74. The normalized spacial score (nSPS) is 11.9. The molecule has 0 aliphatic rings. The zero-order chi connectivity index (χ0) is 16.3. The summed E-state index contributed by atoms with van der Waals surface area (Å²) in [4.78, 5) is 4.45. The third-order valence-corrected chi connectivity index (χ3v) is 5.86. The number of sulfonamides is 1. The summed E-state index contributed by atoms with van der Waals surface area (Å²) in [6, 6.07) is 12.9. The molecule has 3 aromatic rings. The van der Waals surface area contributed by atoms with Crippen molar-refractivity contribution in [2.75, 3.05) is 6.54 Å². The molecule has 3 rings (SSSR count). The fourth-order valence-corrected chi connectivity index (χ4v) is 4.30. The van der Waals surface area contributed by atoms with Gasteiger partial charge >= 0.3 is 0 Å². The standard InChI is InChI=1S/C16H15FN2O2S2/c17-12-5-3-6-13(11-12)23(20,21)18-10-4-9-16-19-14-7-1-2-8-15(14)22-16/h1-3,5-8,11,18H,4,9-10H2. The summed E-state index contributed by atoms with van der Waals surface area (Å²) < 4.78 is 40.8. The van der Waals surface area contributed by atoms with Crippen molar-refractivity contribution in [3.63, 3.8) is 0 Å². The molecule has 0 aliphatic heterocycles. The Hall–Kier alpha value is -1.83. The van der Waals surface area contributed by atoms with E-state index in [0.29, 0.717) is 12.8 Å². The second-order valence-electron chi connectivity index (χ2n) is 5.03. The largest absolute Gasteiger partial charge is 0.241 e. The molecule has 0 aliphatic carbocycles. The van der Waals surface area contributed by atoms with Gasteiger partial charge in [-0.3, -0.25) is 0 Å². The first kappa shape index (κ1) is 16.0. The molecule has 4 nitrogen and oxygen atoms in total. The van der Waals surface area contributed by atoms with Gasteiger partial charge in [0.05, 0.1) is 20.1 Å². The van der Waals surface area contributed by atoms with E-state index in [9.17, 15) is 12.8 Å². The van der Waals surface area contributed by atoms with Crippen LogP contribution in [-0.2, 0) is 16.4 Å². The average molecular weight is 350 g/mol. The lowest BCUT2D eigenvalue weighted by Gasteiger charge is -2.06. The van der Waals surface area contributed by atoms with E-state index >= 15 is 0 Å². The monoisotopic (exact) mass is 350 g/mol. The smallest absolute Gasteiger partial charge is 0.240 e. The number of nitrogens with zero attached hydrogens (tertiary/aromatic N) is 1. The van der Waals surface area contributed by atoms with Crippen molar-refractivity contribution in [2.24, 2.45) is 0 Å². The molecule has 0 saturated carbocycles. The Bertz CT molecular complexity index is 889. The maximum Gasteiger partial charge on any atom is 0.240 e. The Morgan fingerprint density at radius 2 is 1.96 bits per heavy atom. The van der Waals surface area contributed by atoms with Crippen LogP contribution >= 0.6 is 11.3 Å². The van der Waals surface area contributed by atoms with Crippen molar-refractivity contribution in [3.8, 4) is 0 Å². The van der Waals surface area contributed by atoms with Gasteiger partial charge in [-0.05, 0) is 36.8 Å². The van der Waals surface area contributed by atoms with Gasteiger partial charge in [0.2, 0.25) is 10.0 Å². The molecule has 7 heteroatoms. The van der Waals surface area contributed by atoms with Crippen LogP contribution < -0.4 is 4.72 Å². The molecule has 0 fully saturated rings. The van der Waals surface area contributed by atoms with Gasteiger partial charge in [-0.15, -0.1) is 11.3 Å². The first-order valence-corrected chi connectivity index (χ1v) is 9.44. The third kappa shape index (κ3) is 3.93. The molecule has 1 heterocycles. The molecule has 0 saturated heterocycles. The minimum atomic E-state index is -3.67. The van der Waals surface area contributed by atoms with Crippen molar-refractivity contribution >= 4 is 31.6 Å². The van der Waals surface area contributed by atoms with Crippen molar-refractivity contribution in [3.05, 3.63) is 59.4 Å². The highest BCUT2D eigenvalue weighted by atomic mass is 32.2. The van der Waals surface area contributed by atoms with E-state index in [1.54, 1.807) is 11.3 Å².